The summed E-state index contributed by atoms with van der Waals surface area (Å²) in [5.41, 5.74) is 8.99. The second kappa shape index (κ2) is 4.23. The minimum Gasteiger partial charge on any atom is -0.330 e. The van der Waals surface area contributed by atoms with Crippen LogP contribution in [0, 0.1) is 6.92 Å². The normalized spacial score (nSPS) is 12.2. The molecular weight excluding hydrogens is 162 g/mol. The first-order valence-corrected chi connectivity index (χ1v) is 4.52. The van der Waals surface area contributed by atoms with Crippen molar-refractivity contribution >= 4 is 5.57 Å². The van der Waals surface area contributed by atoms with E-state index in [4.69, 9.17) is 5.73 Å². The number of hydrogen-bond donors (Lipinski definition) is 1. The maximum atomic E-state index is 5.43. The zero-order valence-electron chi connectivity index (χ0n) is 8.54. The molecule has 0 spiro atoms. The molecule has 0 aliphatic carbocycles. The summed E-state index contributed by atoms with van der Waals surface area (Å²) in [5, 5.41) is 4.28. The van der Waals surface area contributed by atoms with E-state index in [9.17, 15) is 0 Å². The first kappa shape index (κ1) is 9.99. The smallest absolute Gasteiger partial charge is 0.0668 e. The van der Waals surface area contributed by atoms with E-state index in [0.717, 1.165) is 12.1 Å². The van der Waals surface area contributed by atoms with Gasteiger partial charge in [0, 0.05) is 18.8 Å². The Hall–Kier alpha value is -1.09. The van der Waals surface area contributed by atoms with Gasteiger partial charge in [-0.25, -0.2) is 0 Å². The summed E-state index contributed by atoms with van der Waals surface area (Å²) in [7, 11) is 1.94. The Labute approximate surface area is 79.2 Å². The van der Waals surface area contributed by atoms with E-state index in [1.54, 1.807) is 0 Å². The molecule has 1 heterocycles. The molecule has 72 valence electrons. The van der Waals surface area contributed by atoms with Crippen LogP contribution in [0.5, 0.6) is 0 Å². The molecule has 0 unspecified atom stereocenters. The van der Waals surface area contributed by atoms with Gasteiger partial charge in [-0.15, -0.1) is 0 Å². The molecule has 3 nitrogen and oxygen atoms in total. The average molecular weight is 179 g/mol. The maximum Gasteiger partial charge on any atom is 0.0668 e. The molecule has 0 saturated carbocycles. The van der Waals surface area contributed by atoms with Gasteiger partial charge in [0.25, 0.3) is 0 Å². The second-order valence-electron chi connectivity index (χ2n) is 3.27. The lowest BCUT2D eigenvalue weighted by atomic mass is 10.1. The SMILES string of the molecule is CC(=CCCN)c1cn(C)nc1C. The molecular formula is C10H17N3. The first-order valence-electron chi connectivity index (χ1n) is 4.52. The van der Waals surface area contributed by atoms with Crippen LogP contribution in [0.2, 0.25) is 0 Å². The predicted octanol–water partition coefficient (Wildman–Crippen LogP) is 1.48. The topological polar surface area (TPSA) is 43.8 Å². The van der Waals surface area contributed by atoms with Crippen LogP contribution in [0.1, 0.15) is 24.6 Å². The molecule has 0 aromatic carbocycles. The van der Waals surface area contributed by atoms with Gasteiger partial charge in [-0.3, -0.25) is 4.68 Å². The number of nitrogens with two attached hydrogens (primary N) is 1. The van der Waals surface area contributed by atoms with Crippen LogP contribution in [-0.4, -0.2) is 16.3 Å². The van der Waals surface area contributed by atoms with Crippen molar-refractivity contribution in [3.05, 3.63) is 23.5 Å². The summed E-state index contributed by atoms with van der Waals surface area (Å²) in [4.78, 5) is 0. The van der Waals surface area contributed by atoms with Gasteiger partial charge >= 0.3 is 0 Å². The fraction of sp³-hybridized carbons (Fsp3) is 0.500. The van der Waals surface area contributed by atoms with Crippen molar-refractivity contribution < 1.29 is 0 Å². The molecule has 0 radical (unpaired) electrons. The maximum absolute atomic E-state index is 5.43. The van der Waals surface area contributed by atoms with Gasteiger partial charge < -0.3 is 5.73 Å². The van der Waals surface area contributed by atoms with Gasteiger partial charge in [-0.1, -0.05) is 6.08 Å². The largest absolute Gasteiger partial charge is 0.330 e. The van der Waals surface area contributed by atoms with Gasteiger partial charge in [-0.05, 0) is 32.4 Å². The van der Waals surface area contributed by atoms with Gasteiger partial charge in [-0.2, -0.15) is 5.10 Å². The molecule has 3 heteroatoms. The highest BCUT2D eigenvalue weighted by atomic mass is 15.2. The molecule has 1 aromatic rings. The summed E-state index contributed by atoms with van der Waals surface area (Å²) in [6.45, 7) is 4.82. The van der Waals surface area contributed by atoms with E-state index in [-0.39, 0.29) is 0 Å². The molecule has 0 saturated heterocycles. The molecule has 0 amide bonds. The third-order valence-corrected chi connectivity index (χ3v) is 2.06. The van der Waals surface area contributed by atoms with E-state index < -0.39 is 0 Å². The summed E-state index contributed by atoms with van der Waals surface area (Å²) in [5.74, 6) is 0. The lowest BCUT2D eigenvalue weighted by molar-refractivity contribution is 0.756. The molecule has 2 N–H and O–H groups in total. The Morgan fingerprint density at radius 2 is 2.38 bits per heavy atom. The molecule has 0 atom stereocenters. The van der Waals surface area contributed by atoms with Crippen molar-refractivity contribution in [1.29, 1.82) is 0 Å². The standard InChI is InChI=1S/C10H17N3/c1-8(5-4-6-11)10-7-13(3)12-9(10)2/h5,7H,4,6,11H2,1-3H3. The van der Waals surface area contributed by atoms with Crippen molar-refractivity contribution in [2.45, 2.75) is 20.3 Å². The quantitative estimate of drug-likeness (QED) is 0.763. The van der Waals surface area contributed by atoms with Crippen LogP contribution < -0.4 is 5.73 Å². The van der Waals surface area contributed by atoms with Gasteiger partial charge in [0.05, 0.1) is 5.69 Å². The van der Waals surface area contributed by atoms with E-state index in [1.807, 2.05) is 24.9 Å². The van der Waals surface area contributed by atoms with Crippen LogP contribution in [0.3, 0.4) is 0 Å². The van der Waals surface area contributed by atoms with Crippen molar-refractivity contribution in [1.82, 2.24) is 9.78 Å². The number of rotatable bonds is 3. The number of hydrogen-bond acceptors (Lipinski definition) is 2. The van der Waals surface area contributed by atoms with Crippen molar-refractivity contribution in [3.8, 4) is 0 Å². The Bertz CT molecular complexity index is 310. The van der Waals surface area contributed by atoms with Crippen LogP contribution in [0.15, 0.2) is 12.3 Å². The highest BCUT2D eigenvalue weighted by molar-refractivity contribution is 5.64. The second-order valence-corrected chi connectivity index (χ2v) is 3.27. The van der Waals surface area contributed by atoms with Crippen molar-refractivity contribution in [2.75, 3.05) is 6.54 Å². The lowest BCUT2D eigenvalue weighted by Crippen LogP contribution is -1.95. The third-order valence-electron chi connectivity index (χ3n) is 2.06. The number of allylic oxidation sites excluding steroid dienone is 1. The summed E-state index contributed by atoms with van der Waals surface area (Å²) < 4.78 is 1.84. The Morgan fingerprint density at radius 3 is 2.85 bits per heavy atom. The fourth-order valence-corrected chi connectivity index (χ4v) is 1.40. The Kier molecular flexibility index (Phi) is 3.25. The number of aryl methyl sites for hydroxylation is 2. The van der Waals surface area contributed by atoms with E-state index in [1.165, 1.54) is 11.1 Å². The minimum atomic E-state index is 0.705. The van der Waals surface area contributed by atoms with Crippen LogP contribution >= 0.6 is 0 Å². The van der Waals surface area contributed by atoms with E-state index >= 15 is 0 Å². The Balaban J connectivity index is 2.87. The Morgan fingerprint density at radius 1 is 1.69 bits per heavy atom. The molecule has 13 heavy (non-hydrogen) atoms. The van der Waals surface area contributed by atoms with Crippen molar-refractivity contribution in [2.24, 2.45) is 12.8 Å². The molecule has 1 aromatic heterocycles. The highest BCUT2D eigenvalue weighted by Gasteiger charge is 2.03. The van der Waals surface area contributed by atoms with Crippen LogP contribution in [-0.2, 0) is 7.05 Å². The predicted molar refractivity (Wildman–Crippen MR) is 55.3 cm³/mol. The van der Waals surface area contributed by atoms with Gasteiger partial charge in [0.2, 0.25) is 0 Å². The van der Waals surface area contributed by atoms with Gasteiger partial charge in [0.1, 0.15) is 0 Å². The molecule has 0 aliphatic rings. The summed E-state index contributed by atoms with van der Waals surface area (Å²) in [6, 6.07) is 0. The monoisotopic (exact) mass is 179 g/mol. The number of aromatic nitrogens is 2. The van der Waals surface area contributed by atoms with E-state index in [2.05, 4.69) is 18.1 Å². The number of nitrogens with zero attached hydrogens (tertiary/aromatic N) is 2. The van der Waals surface area contributed by atoms with E-state index in [0.29, 0.717) is 6.54 Å². The van der Waals surface area contributed by atoms with Crippen molar-refractivity contribution in [3.63, 3.8) is 0 Å². The molecule has 0 fully saturated rings. The molecule has 1 rings (SSSR count). The van der Waals surface area contributed by atoms with Crippen LogP contribution in [0.25, 0.3) is 5.57 Å². The van der Waals surface area contributed by atoms with Crippen LogP contribution in [0.4, 0.5) is 0 Å². The minimum absolute atomic E-state index is 0.705. The highest BCUT2D eigenvalue weighted by Crippen LogP contribution is 2.16. The summed E-state index contributed by atoms with van der Waals surface area (Å²) in [6.07, 6.45) is 5.13. The first-order chi connectivity index (χ1) is 6.15. The average Bonchev–Trinajstić information content (AvgIpc) is 2.41. The third kappa shape index (κ3) is 2.42. The van der Waals surface area contributed by atoms with Gasteiger partial charge in [0.15, 0.2) is 0 Å². The zero-order chi connectivity index (χ0) is 9.84. The molecule has 0 aliphatic heterocycles. The summed E-state index contributed by atoms with van der Waals surface area (Å²) >= 11 is 0. The fourth-order valence-electron chi connectivity index (χ4n) is 1.40. The lowest BCUT2D eigenvalue weighted by Gasteiger charge is -1.97. The zero-order valence-corrected chi connectivity index (χ0v) is 8.54. The molecule has 0 bridgehead atoms.